The van der Waals surface area contributed by atoms with Gasteiger partial charge in [0.1, 0.15) is 0 Å². The fourth-order valence-corrected chi connectivity index (χ4v) is 2.10. The fourth-order valence-electron chi connectivity index (χ4n) is 2.10. The van der Waals surface area contributed by atoms with Gasteiger partial charge in [0, 0.05) is 12.2 Å². The number of hydrogen-bond donors (Lipinski definition) is 2. The van der Waals surface area contributed by atoms with Crippen molar-refractivity contribution in [2.75, 3.05) is 0 Å². The highest BCUT2D eigenvalue weighted by Crippen LogP contribution is 2.31. The number of hydrogen-bond acceptors (Lipinski definition) is 2. The number of rotatable bonds is 3. The van der Waals surface area contributed by atoms with Gasteiger partial charge in [-0.3, -0.25) is 9.89 Å². The number of halogens is 3. The van der Waals surface area contributed by atoms with Crippen LogP contribution in [-0.2, 0) is 12.7 Å². The molecule has 0 radical (unpaired) electrons. The van der Waals surface area contributed by atoms with Crippen molar-refractivity contribution in [1.82, 2.24) is 15.5 Å². The number of aryl methyl sites for hydroxylation is 2. The lowest BCUT2D eigenvalue weighted by molar-refractivity contribution is -0.138. The molecule has 0 fully saturated rings. The highest BCUT2D eigenvalue weighted by Gasteiger charge is 2.32. The lowest BCUT2D eigenvalue weighted by Gasteiger charge is -2.13. The highest BCUT2D eigenvalue weighted by atomic mass is 19.4. The van der Waals surface area contributed by atoms with Crippen molar-refractivity contribution in [2.45, 2.75) is 26.6 Å². The van der Waals surface area contributed by atoms with Crippen molar-refractivity contribution in [1.29, 1.82) is 0 Å². The first-order valence-corrected chi connectivity index (χ1v) is 6.25. The summed E-state index contributed by atoms with van der Waals surface area (Å²) in [5.74, 6) is -0.448. The largest absolute Gasteiger partial charge is 0.416 e. The third-order valence-corrected chi connectivity index (χ3v) is 3.12. The van der Waals surface area contributed by atoms with Crippen LogP contribution >= 0.6 is 0 Å². The second-order valence-electron chi connectivity index (χ2n) is 4.65. The normalized spacial score (nSPS) is 11.5. The van der Waals surface area contributed by atoms with Crippen molar-refractivity contribution in [3.8, 4) is 0 Å². The Morgan fingerprint density at radius 3 is 2.52 bits per heavy atom. The smallest absolute Gasteiger partial charge is 0.348 e. The van der Waals surface area contributed by atoms with E-state index in [0.717, 1.165) is 6.07 Å². The van der Waals surface area contributed by atoms with E-state index in [1.54, 1.807) is 13.8 Å². The maximum absolute atomic E-state index is 12.8. The Kier molecular flexibility index (Phi) is 4.02. The van der Waals surface area contributed by atoms with Gasteiger partial charge in [-0.25, -0.2) is 0 Å². The molecule has 2 aromatic rings. The van der Waals surface area contributed by atoms with Gasteiger partial charge in [-0.05, 0) is 25.5 Å². The number of H-pyrrole nitrogens is 1. The predicted molar refractivity (Wildman–Crippen MR) is 70.7 cm³/mol. The minimum absolute atomic E-state index is 0.0251. The van der Waals surface area contributed by atoms with Gasteiger partial charge in [0.25, 0.3) is 5.91 Å². The first kappa shape index (κ1) is 15.1. The van der Waals surface area contributed by atoms with Crippen LogP contribution in [0.15, 0.2) is 24.3 Å². The van der Waals surface area contributed by atoms with E-state index in [-0.39, 0.29) is 12.1 Å². The van der Waals surface area contributed by atoms with Crippen molar-refractivity contribution < 1.29 is 18.0 Å². The molecule has 1 heterocycles. The predicted octanol–water partition coefficient (Wildman–Crippen LogP) is 2.98. The number of nitrogens with one attached hydrogen (secondary N) is 2. The Bertz CT molecular complexity index is 642. The van der Waals surface area contributed by atoms with Gasteiger partial charge >= 0.3 is 6.18 Å². The zero-order valence-corrected chi connectivity index (χ0v) is 11.5. The maximum atomic E-state index is 12.8. The lowest BCUT2D eigenvalue weighted by atomic mass is 10.1. The van der Waals surface area contributed by atoms with E-state index in [0.29, 0.717) is 17.0 Å². The summed E-state index contributed by atoms with van der Waals surface area (Å²) in [5, 5.41) is 9.04. The van der Waals surface area contributed by atoms with Gasteiger partial charge in [-0.2, -0.15) is 18.3 Å². The Balaban J connectivity index is 2.16. The van der Waals surface area contributed by atoms with Gasteiger partial charge in [0.2, 0.25) is 0 Å². The molecule has 1 aromatic carbocycles. The summed E-state index contributed by atoms with van der Waals surface area (Å²) in [7, 11) is 0. The third kappa shape index (κ3) is 3.24. The maximum Gasteiger partial charge on any atom is 0.416 e. The quantitative estimate of drug-likeness (QED) is 0.915. The Morgan fingerprint density at radius 1 is 1.29 bits per heavy atom. The summed E-state index contributed by atoms with van der Waals surface area (Å²) in [6, 6.07) is 5.16. The van der Waals surface area contributed by atoms with Gasteiger partial charge in [-0.1, -0.05) is 18.2 Å². The summed E-state index contributed by atoms with van der Waals surface area (Å²) in [5.41, 5.74) is 0.728. The van der Waals surface area contributed by atoms with E-state index < -0.39 is 17.6 Å². The summed E-state index contributed by atoms with van der Waals surface area (Å²) in [6.07, 6.45) is -4.44. The van der Waals surface area contributed by atoms with Crippen LogP contribution in [0.2, 0.25) is 0 Å². The average Bonchev–Trinajstić information content (AvgIpc) is 2.75. The second-order valence-corrected chi connectivity index (χ2v) is 4.65. The molecule has 0 aliphatic rings. The monoisotopic (exact) mass is 297 g/mol. The van der Waals surface area contributed by atoms with Gasteiger partial charge in [0.05, 0.1) is 16.8 Å². The number of aromatic nitrogens is 2. The fraction of sp³-hybridized carbons (Fsp3) is 0.286. The number of benzene rings is 1. The Morgan fingerprint density at radius 2 is 1.95 bits per heavy atom. The molecule has 1 amide bonds. The van der Waals surface area contributed by atoms with E-state index in [9.17, 15) is 18.0 Å². The van der Waals surface area contributed by atoms with Crippen LogP contribution in [0.4, 0.5) is 13.2 Å². The minimum atomic E-state index is -4.44. The third-order valence-electron chi connectivity index (χ3n) is 3.12. The molecule has 7 heteroatoms. The van der Waals surface area contributed by atoms with Crippen molar-refractivity contribution >= 4 is 5.91 Å². The molecule has 0 saturated carbocycles. The molecule has 0 spiro atoms. The van der Waals surface area contributed by atoms with Crippen molar-refractivity contribution in [2.24, 2.45) is 0 Å². The Hall–Kier alpha value is -2.31. The van der Waals surface area contributed by atoms with E-state index in [1.165, 1.54) is 18.2 Å². The topological polar surface area (TPSA) is 57.8 Å². The SMILES string of the molecule is Cc1n[nH]c(C)c1C(=O)NCc1ccccc1C(F)(F)F. The molecule has 2 N–H and O–H groups in total. The van der Waals surface area contributed by atoms with Crippen LogP contribution < -0.4 is 5.32 Å². The molecule has 0 aliphatic heterocycles. The average molecular weight is 297 g/mol. The van der Waals surface area contributed by atoms with Gasteiger partial charge < -0.3 is 5.32 Å². The molecule has 1 aromatic heterocycles. The lowest BCUT2D eigenvalue weighted by Crippen LogP contribution is -2.25. The molecular formula is C14H14F3N3O. The zero-order chi connectivity index (χ0) is 15.6. The van der Waals surface area contributed by atoms with Crippen LogP contribution in [0.1, 0.15) is 32.9 Å². The highest BCUT2D eigenvalue weighted by molar-refractivity contribution is 5.96. The van der Waals surface area contributed by atoms with Crippen molar-refractivity contribution in [3.63, 3.8) is 0 Å². The Labute approximate surface area is 119 Å². The number of amides is 1. The minimum Gasteiger partial charge on any atom is -0.348 e. The van der Waals surface area contributed by atoms with Crippen molar-refractivity contribution in [3.05, 3.63) is 52.3 Å². The van der Waals surface area contributed by atoms with Crippen LogP contribution in [-0.4, -0.2) is 16.1 Å². The molecule has 0 bridgehead atoms. The van der Waals surface area contributed by atoms with Crippen LogP contribution in [0.3, 0.4) is 0 Å². The first-order valence-electron chi connectivity index (χ1n) is 6.25. The molecule has 2 rings (SSSR count). The summed E-state index contributed by atoms with van der Waals surface area (Å²) < 4.78 is 38.5. The van der Waals surface area contributed by atoms with E-state index in [4.69, 9.17) is 0 Å². The molecule has 0 atom stereocenters. The molecule has 0 saturated heterocycles. The number of nitrogens with zero attached hydrogens (tertiary/aromatic N) is 1. The molecule has 21 heavy (non-hydrogen) atoms. The second kappa shape index (κ2) is 5.59. The van der Waals surface area contributed by atoms with Crippen LogP contribution in [0, 0.1) is 13.8 Å². The van der Waals surface area contributed by atoms with E-state index in [1.807, 2.05) is 0 Å². The molecule has 0 unspecified atom stereocenters. The number of alkyl halides is 3. The van der Waals surface area contributed by atoms with Crippen LogP contribution in [0.5, 0.6) is 0 Å². The molecule has 112 valence electrons. The number of carbonyl (C=O) groups is 1. The molecule has 0 aliphatic carbocycles. The van der Waals surface area contributed by atoms with E-state index in [2.05, 4.69) is 15.5 Å². The summed E-state index contributed by atoms with van der Waals surface area (Å²) in [6.45, 7) is 3.14. The number of aromatic amines is 1. The summed E-state index contributed by atoms with van der Waals surface area (Å²) >= 11 is 0. The van der Waals surface area contributed by atoms with E-state index >= 15 is 0 Å². The molecule has 4 nitrogen and oxygen atoms in total. The first-order chi connectivity index (χ1) is 9.80. The number of carbonyl (C=O) groups excluding carboxylic acids is 1. The standard InChI is InChI=1S/C14H14F3N3O/c1-8-12(9(2)20-19-8)13(21)18-7-10-5-3-4-6-11(10)14(15,16)17/h3-6H,7H2,1-2H3,(H,18,21)(H,19,20). The zero-order valence-electron chi connectivity index (χ0n) is 11.5. The van der Waals surface area contributed by atoms with Gasteiger partial charge in [0.15, 0.2) is 0 Å². The summed E-state index contributed by atoms with van der Waals surface area (Å²) in [4.78, 5) is 12.0. The van der Waals surface area contributed by atoms with Gasteiger partial charge in [-0.15, -0.1) is 0 Å². The van der Waals surface area contributed by atoms with Crippen LogP contribution in [0.25, 0.3) is 0 Å². The molecular weight excluding hydrogens is 283 g/mol.